The van der Waals surface area contributed by atoms with Crippen LogP contribution in [0.1, 0.15) is 33.1 Å². The molecule has 1 unspecified atom stereocenters. The van der Waals surface area contributed by atoms with E-state index in [0.29, 0.717) is 5.41 Å². The fraction of sp³-hybridized carbons (Fsp3) is 1.00. The zero-order chi connectivity index (χ0) is 6.20. The molecule has 1 atom stereocenters. The van der Waals surface area contributed by atoms with Crippen molar-refractivity contribution in [3.63, 3.8) is 0 Å². The van der Waals surface area contributed by atoms with Crippen LogP contribution in [0, 0.1) is 5.41 Å². The van der Waals surface area contributed by atoms with Crippen LogP contribution in [-0.2, 0) is 0 Å². The third-order valence-corrected chi connectivity index (χ3v) is 4.44. The van der Waals surface area contributed by atoms with Gasteiger partial charge in [-0.25, -0.2) is 0 Å². The first-order valence-corrected chi connectivity index (χ1v) is 4.51. The van der Waals surface area contributed by atoms with Crippen LogP contribution in [0.5, 0.6) is 0 Å². The topological polar surface area (TPSA) is 0 Å². The largest absolute Gasteiger partial charge is 0.0820 e. The Labute approximate surface area is 65.2 Å². The fourth-order valence-electron chi connectivity index (χ4n) is 1.28. The molecule has 0 amide bonds. The molecular weight excluding hydrogens is 211 g/mol. The lowest BCUT2D eigenvalue weighted by Crippen LogP contribution is -2.15. The maximum atomic E-state index is 2.57. The van der Waals surface area contributed by atoms with Gasteiger partial charge in [0.25, 0.3) is 0 Å². The molecule has 1 heteroatoms. The highest BCUT2D eigenvalue weighted by atomic mass is 127. The van der Waals surface area contributed by atoms with E-state index in [1.165, 1.54) is 19.3 Å². The van der Waals surface area contributed by atoms with Crippen LogP contribution in [0.4, 0.5) is 0 Å². The van der Waals surface area contributed by atoms with E-state index >= 15 is 0 Å². The molecule has 1 fully saturated rings. The van der Waals surface area contributed by atoms with Gasteiger partial charge in [0.15, 0.2) is 0 Å². The van der Waals surface area contributed by atoms with E-state index in [1.54, 1.807) is 0 Å². The molecule has 0 aromatic carbocycles. The molecular formula is C7H13I. The Kier molecular flexibility index (Phi) is 1.85. The van der Waals surface area contributed by atoms with Gasteiger partial charge in [0.05, 0.1) is 0 Å². The van der Waals surface area contributed by atoms with Gasteiger partial charge in [0, 0.05) is 3.92 Å². The van der Waals surface area contributed by atoms with Crippen molar-refractivity contribution in [3.8, 4) is 0 Å². The van der Waals surface area contributed by atoms with Gasteiger partial charge in [-0.3, -0.25) is 0 Å². The van der Waals surface area contributed by atoms with Gasteiger partial charge in [-0.1, -0.05) is 42.9 Å². The zero-order valence-corrected chi connectivity index (χ0v) is 7.73. The molecule has 0 spiro atoms. The van der Waals surface area contributed by atoms with Crippen molar-refractivity contribution < 1.29 is 0 Å². The highest BCUT2D eigenvalue weighted by Gasteiger charge is 2.31. The molecule has 0 bridgehead atoms. The van der Waals surface area contributed by atoms with Gasteiger partial charge in [0.1, 0.15) is 0 Å². The lowest BCUT2D eigenvalue weighted by Gasteiger charge is -2.20. The molecule has 0 saturated heterocycles. The summed E-state index contributed by atoms with van der Waals surface area (Å²) in [6.45, 7) is 4.74. The SMILES string of the molecule is CC1(C)CCCC1I. The van der Waals surface area contributed by atoms with E-state index in [1.807, 2.05) is 0 Å². The summed E-state index contributed by atoms with van der Waals surface area (Å²) in [5.41, 5.74) is 0.639. The van der Waals surface area contributed by atoms with E-state index < -0.39 is 0 Å². The fourth-order valence-corrected chi connectivity index (χ4v) is 2.04. The van der Waals surface area contributed by atoms with Crippen molar-refractivity contribution in [1.82, 2.24) is 0 Å². The maximum Gasteiger partial charge on any atom is 0.0161 e. The van der Waals surface area contributed by atoms with Crippen molar-refractivity contribution in [2.24, 2.45) is 5.41 Å². The van der Waals surface area contributed by atoms with Gasteiger partial charge in [-0.2, -0.15) is 0 Å². The average Bonchev–Trinajstić information content (AvgIpc) is 1.86. The monoisotopic (exact) mass is 224 g/mol. The molecule has 0 aromatic rings. The molecule has 8 heavy (non-hydrogen) atoms. The summed E-state index contributed by atoms with van der Waals surface area (Å²) in [5.74, 6) is 0. The summed E-state index contributed by atoms with van der Waals surface area (Å²) in [5, 5.41) is 0. The summed E-state index contributed by atoms with van der Waals surface area (Å²) in [7, 11) is 0. The molecule has 0 N–H and O–H groups in total. The summed E-state index contributed by atoms with van der Waals surface area (Å²) in [6.07, 6.45) is 4.31. The first kappa shape index (κ1) is 6.84. The number of halogens is 1. The molecule has 0 radical (unpaired) electrons. The minimum Gasteiger partial charge on any atom is -0.0820 e. The van der Waals surface area contributed by atoms with Gasteiger partial charge >= 0.3 is 0 Å². The molecule has 1 saturated carbocycles. The third kappa shape index (κ3) is 1.17. The van der Waals surface area contributed by atoms with Gasteiger partial charge in [0.2, 0.25) is 0 Å². The number of hydrogen-bond donors (Lipinski definition) is 0. The second kappa shape index (κ2) is 2.16. The Morgan fingerprint density at radius 2 is 2.12 bits per heavy atom. The first-order chi connectivity index (χ1) is 3.63. The van der Waals surface area contributed by atoms with Crippen LogP contribution in [0.2, 0.25) is 0 Å². The lowest BCUT2D eigenvalue weighted by atomic mass is 9.92. The van der Waals surface area contributed by atoms with Crippen molar-refractivity contribution in [2.75, 3.05) is 0 Å². The number of hydrogen-bond acceptors (Lipinski definition) is 0. The summed E-state index contributed by atoms with van der Waals surface area (Å²) >= 11 is 2.57. The van der Waals surface area contributed by atoms with Gasteiger partial charge in [-0.05, 0) is 18.3 Å². The first-order valence-electron chi connectivity index (χ1n) is 3.27. The second-order valence-electron chi connectivity index (χ2n) is 3.35. The minimum atomic E-state index is 0.639. The lowest BCUT2D eigenvalue weighted by molar-refractivity contribution is 0.403. The third-order valence-electron chi connectivity index (χ3n) is 2.13. The molecule has 0 heterocycles. The molecule has 1 rings (SSSR count). The Bertz CT molecular complexity index is 86.4. The number of alkyl halides is 1. The van der Waals surface area contributed by atoms with Crippen molar-refractivity contribution in [3.05, 3.63) is 0 Å². The van der Waals surface area contributed by atoms with E-state index in [4.69, 9.17) is 0 Å². The Morgan fingerprint density at radius 3 is 2.25 bits per heavy atom. The summed E-state index contributed by atoms with van der Waals surface area (Å²) in [4.78, 5) is 0. The highest BCUT2D eigenvalue weighted by Crippen LogP contribution is 2.41. The number of rotatable bonds is 0. The molecule has 0 aliphatic heterocycles. The van der Waals surface area contributed by atoms with Crippen LogP contribution in [0.15, 0.2) is 0 Å². The van der Waals surface area contributed by atoms with Gasteiger partial charge in [-0.15, -0.1) is 0 Å². The second-order valence-corrected chi connectivity index (χ2v) is 4.85. The normalized spacial score (nSPS) is 35.6. The average molecular weight is 224 g/mol. The van der Waals surface area contributed by atoms with E-state index in [0.717, 1.165) is 3.92 Å². The van der Waals surface area contributed by atoms with E-state index in [9.17, 15) is 0 Å². The molecule has 48 valence electrons. The van der Waals surface area contributed by atoms with Gasteiger partial charge < -0.3 is 0 Å². The predicted octanol–water partition coefficient (Wildman–Crippen LogP) is 3.00. The standard InChI is InChI=1S/C7H13I/c1-7(2)5-3-4-6(7)8/h6H,3-5H2,1-2H3. The van der Waals surface area contributed by atoms with Crippen LogP contribution in [0.25, 0.3) is 0 Å². The van der Waals surface area contributed by atoms with Crippen molar-refractivity contribution in [2.45, 2.75) is 37.0 Å². The molecule has 1 aliphatic rings. The highest BCUT2D eigenvalue weighted by molar-refractivity contribution is 14.1. The smallest absolute Gasteiger partial charge is 0.0161 e. The minimum absolute atomic E-state index is 0.639. The zero-order valence-electron chi connectivity index (χ0n) is 5.58. The van der Waals surface area contributed by atoms with E-state index in [2.05, 4.69) is 36.4 Å². The maximum absolute atomic E-state index is 2.57. The molecule has 0 aromatic heterocycles. The summed E-state index contributed by atoms with van der Waals surface area (Å²) < 4.78 is 0.931. The quantitative estimate of drug-likeness (QED) is 0.438. The Hall–Kier alpha value is 0.730. The Balaban J connectivity index is 2.54. The molecule has 0 nitrogen and oxygen atoms in total. The van der Waals surface area contributed by atoms with Crippen molar-refractivity contribution in [1.29, 1.82) is 0 Å². The van der Waals surface area contributed by atoms with Crippen LogP contribution < -0.4 is 0 Å². The predicted molar refractivity (Wildman–Crippen MR) is 45.4 cm³/mol. The Morgan fingerprint density at radius 1 is 1.50 bits per heavy atom. The van der Waals surface area contributed by atoms with Crippen LogP contribution >= 0.6 is 22.6 Å². The molecule has 1 aliphatic carbocycles. The summed E-state index contributed by atoms with van der Waals surface area (Å²) in [6, 6.07) is 0. The van der Waals surface area contributed by atoms with Crippen LogP contribution in [-0.4, -0.2) is 3.92 Å². The van der Waals surface area contributed by atoms with Crippen molar-refractivity contribution >= 4 is 22.6 Å². The van der Waals surface area contributed by atoms with E-state index in [-0.39, 0.29) is 0 Å². The van der Waals surface area contributed by atoms with Crippen LogP contribution in [0.3, 0.4) is 0 Å².